The van der Waals surface area contributed by atoms with Crippen LogP contribution < -0.4 is 0 Å². The van der Waals surface area contributed by atoms with Gasteiger partial charge in [-0.1, -0.05) is 23.4 Å². The Labute approximate surface area is 156 Å². The SMILES string of the molecule is COCCn1nnc(C2CN(Cc3noc(-c4ccccc4)n3)CCO2)n1. The van der Waals surface area contributed by atoms with Crippen molar-refractivity contribution in [3.63, 3.8) is 0 Å². The second kappa shape index (κ2) is 8.33. The molecule has 0 spiro atoms. The normalized spacial score (nSPS) is 18.0. The summed E-state index contributed by atoms with van der Waals surface area (Å²) in [6, 6.07) is 9.73. The van der Waals surface area contributed by atoms with Crippen LogP contribution >= 0.6 is 0 Å². The minimum atomic E-state index is -0.226. The van der Waals surface area contributed by atoms with Crippen LogP contribution in [0.15, 0.2) is 34.9 Å². The van der Waals surface area contributed by atoms with Crippen molar-refractivity contribution in [2.75, 3.05) is 33.4 Å². The maximum Gasteiger partial charge on any atom is 0.257 e. The van der Waals surface area contributed by atoms with Gasteiger partial charge >= 0.3 is 0 Å². The molecule has 1 atom stereocenters. The summed E-state index contributed by atoms with van der Waals surface area (Å²) in [6.45, 7) is 3.68. The van der Waals surface area contributed by atoms with E-state index in [4.69, 9.17) is 14.0 Å². The van der Waals surface area contributed by atoms with Crippen molar-refractivity contribution in [2.45, 2.75) is 19.2 Å². The van der Waals surface area contributed by atoms with Gasteiger partial charge in [0.15, 0.2) is 5.82 Å². The predicted molar refractivity (Wildman–Crippen MR) is 93.4 cm³/mol. The molecule has 0 bridgehead atoms. The van der Waals surface area contributed by atoms with E-state index in [9.17, 15) is 0 Å². The van der Waals surface area contributed by atoms with Gasteiger partial charge in [0.05, 0.1) is 26.3 Å². The highest BCUT2D eigenvalue weighted by Gasteiger charge is 2.26. The van der Waals surface area contributed by atoms with Crippen LogP contribution in [0, 0.1) is 0 Å². The molecule has 0 aliphatic carbocycles. The summed E-state index contributed by atoms with van der Waals surface area (Å²) in [6.07, 6.45) is -0.226. The number of morpholine rings is 1. The molecule has 1 unspecified atom stereocenters. The lowest BCUT2D eigenvalue weighted by Gasteiger charge is -2.30. The van der Waals surface area contributed by atoms with Gasteiger partial charge in [-0.15, -0.1) is 10.2 Å². The van der Waals surface area contributed by atoms with Gasteiger partial charge < -0.3 is 14.0 Å². The zero-order valence-corrected chi connectivity index (χ0v) is 15.1. The highest BCUT2D eigenvalue weighted by Crippen LogP contribution is 2.21. The Balaban J connectivity index is 1.37. The maximum atomic E-state index is 5.81. The van der Waals surface area contributed by atoms with E-state index in [-0.39, 0.29) is 6.10 Å². The lowest BCUT2D eigenvalue weighted by Crippen LogP contribution is -2.38. The molecule has 0 N–H and O–H groups in total. The number of benzene rings is 1. The number of nitrogens with zero attached hydrogens (tertiary/aromatic N) is 7. The monoisotopic (exact) mass is 371 g/mol. The summed E-state index contributed by atoms with van der Waals surface area (Å²) in [5.41, 5.74) is 0.910. The van der Waals surface area contributed by atoms with Crippen molar-refractivity contribution in [3.05, 3.63) is 42.0 Å². The fourth-order valence-corrected chi connectivity index (χ4v) is 2.87. The van der Waals surface area contributed by atoms with Crippen molar-refractivity contribution in [1.29, 1.82) is 0 Å². The van der Waals surface area contributed by atoms with Gasteiger partial charge in [-0.25, -0.2) is 0 Å². The molecule has 10 heteroatoms. The maximum absolute atomic E-state index is 5.81. The smallest absolute Gasteiger partial charge is 0.257 e. The molecule has 1 aliphatic rings. The Bertz CT molecular complexity index is 851. The van der Waals surface area contributed by atoms with Gasteiger partial charge in [-0.05, 0) is 17.3 Å². The summed E-state index contributed by atoms with van der Waals surface area (Å²) in [5, 5.41) is 16.6. The quantitative estimate of drug-likeness (QED) is 0.600. The standard InChI is InChI=1S/C17H21N7O3/c1-25-9-8-24-20-16(19-22-24)14-11-23(7-10-26-14)12-15-18-17(27-21-15)13-5-3-2-4-6-13/h2-6,14H,7-12H2,1H3. The van der Waals surface area contributed by atoms with Crippen LogP contribution in [0.4, 0.5) is 0 Å². The third-order valence-corrected chi connectivity index (χ3v) is 4.26. The highest BCUT2D eigenvalue weighted by atomic mass is 16.5. The summed E-state index contributed by atoms with van der Waals surface area (Å²) in [5.74, 6) is 1.75. The molecule has 0 radical (unpaired) electrons. The first-order valence-corrected chi connectivity index (χ1v) is 8.80. The number of tetrazole rings is 1. The van der Waals surface area contributed by atoms with Crippen LogP contribution in [0.25, 0.3) is 11.5 Å². The van der Waals surface area contributed by atoms with Crippen molar-refractivity contribution >= 4 is 0 Å². The van der Waals surface area contributed by atoms with Crippen molar-refractivity contribution in [2.24, 2.45) is 0 Å². The first-order chi connectivity index (χ1) is 13.3. The molecule has 10 nitrogen and oxygen atoms in total. The Kier molecular flexibility index (Phi) is 5.47. The first kappa shape index (κ1) is 17.7. The molecule has 1 saturated heterocycles. The van der Waals surface area contributed by atoms with Crippen LogP contribution in [-0.4, -0.2) is 68.7 Å². The second-order valence-corrected chi connectivity index (χ2v) is 6.21. The number of aromatic nitrogens is 6. The van der Waals surface area contributed by atoms with Crippen LogP contribution in [0.2, 0.25) is 0 Å². The predicted octanol–water partition coefficient (Wildman–Crippen LogP) is 0.943. The Morgan fingerprint density at radius 1 is 1.26 bits per heavy atom. The Hall–Kier alpha value is -2.69. The molecule has 2 aromatic heterocycles. The van der Waals surface area contributed by atoms with Gasteiger partial charge in [-0.2, -0.15) is 9.78 Å². The van der Waals surface area contributed by atoms with E-state index in [0.717, 1.165) is 12.1 Å². The molecule has 27 heavy (non-hydrogen) atoms. The average Bonchev–Trinajstić information content (AvgIpc) is 3.37. The molecule has 0 amide bonds. The second-order valence-electron chi connectivity index (χ2n) is 6.21. The van der Waals surface area contributed by atoms with Crippen molar-refractivity contribution in [1.82, 2.24) is 35.2 Å². The molecular formula is C17H21N7O3. The van der Waals surface area contributed by atoms with E-state index in [1.54, 1.807) is 7.11 Å². The largest absolute Gasteiger partial charge is 0.383 e. The molecule has 142 valence electrons. The van der Waals surface area contributed by atoms with Crippen LogP contribution in [-0.2, 0) is 22.6 Å². The number of methoxy groups -OCH3 is 1. The molecule has 3 aromatic rings. The summed E-state index contributed by atoms with van der Waals surface area (Å²) >= 11 is 0. The van der Waals surface area contributed by atoms with E-state index in [1.807, 2.05) is 30.3 Å². The van der Waals surface area contributed by atoms with Crippen LogP contribution in [0.5, 0.6) is 0 Å². The molecule has 1 aliphatic heterocycles. The van der Waals surface area contributed by atoms with Gasteiger partial charge in [-0.3, -0.25) is 4.90 Å². The fourth-order valence-electron chi connectivity index (χ4n) is 2.87. The zero-order chi connectivity index (χ0) is 18.5. The van der Waals surface area contributed by atoms with Gasteiger partial charge in [0.2, 0.25) is 5.82 Å². The molecule has 3 heterocycles. The summed E-state index contributed by atoms with van der Waals surface area (Å²) < 4.78 is 16.2. The lowest BCUT2D eigenvalue weighted by atomic mass is 10.2. The molecule has 0 saturated carbocycles. The number of ether oxygens (including phenoxy) is 2. The average molecular weight is 371 g/mol. The van der Waals surface area contributed by atoms with Gasteiger partial charge in [0.1, 0.15) is 6.10 Å². The first-order valence-electron chi connectivity index (χ1n) is 8.80. The van der Waals surface area contributed by atoms with Crippen molar-refractivity contribution in [3.8, 4) is 11.5 Å². The number of rotatable bonds is 7. The van der Waals surface area contributed by atoms with E-state index in [1.165, 1.54) is 4.80 Å². The topological polar surface area (TPSA) is 104 Å². The summed E-state index contributed by atoms with van der Waals surface area (Å²) in [4.78, 5) is 8.21. The molecule has 1 fully saturated rings. The zero-order valence-electron chi connectivity index (χ0n) is 15.1. The van der Waals surface area contributed by atoms with Gasteiger partial charge in [0, 0.05) is 25.8 Å². The number of hydrogen-bond acceptors (Lipinski definition) is 9. The van der Waals surface area contributed by atoms with Crippen LogP contribution in [0.3, 0.4) is 0 Å². The summed E-state index contributed by atoms with van der Waals surface area (Å²) in [7, 11) is 1.64. The van der Waals surface area contributed by atoms with Crippen molar-refractivity contribution < 1.29 is 14.0 Å². The van der Waals surface area contributed by atoms with E-state index in [2.05, 4.69) is 30.5 Å². The number of hydrogen-bond donors (Lipinski definition) is 0. The fraction of sp³-hybridized carbons (Fsp3) is 0.471. The highest BCUT2D eigenvalue weighted by molar-refractivity contribution is 5.51. The van der Waals surface area contributed by atoms with Gasteiger partial charge in [0.25, 0.3) is 5.89 Å². The molecule has 4 rings (SSSR count). The third kappa shape index (κ3) is 4.35. The third-order valence-electron chi connectivity index (χ3n) is 4.26. The minimum Gasteiger partial charge on any atom is -0.383 e. The van der Waals surface area contributed by atoms with E-state index < -0.39 is 0 Å². The van der Waals surface area contributed by atoms with E-state index >= 15 is 0 Å². The van der Waals surface area contributed by atoms with Crippen LogP contribution in [0.1, 0.15) is 17.8 Å². The lowest BCUT2D eigenvalue weighted by molar-refractivity contribution is -0.0382. The Morgan fingerprint density at radius 3 is 3.00 bits per heavy atom. The minimum absolute atomic E-state index is 0.226. The molecular weight excluding hydrogens is 350 g/mol. The van der Waals surface area contributed by atoms with E-state index in [0.29, 0.717) is 50.4 Å². The Morgan fingerprint density at radius 2 is 2.15 bits per heavy atom. The molecule has 1 aromatic carbocycles.